The lowest BCUT2D eigenvalue weighted by Gasteiger charge is -2.14. The normalized spacial score (nSPS) is 22.5. The van der Waals surface area contributed by atoms with Crippen LogP contribution < -0.4 is 5.32 Å². The summed E-state index contributed by atoms with van der Waals surface area (Å²) in [4.78, 5) is 0. The maximum atomic E-state index is 5.42. The Labute approximate surface area is 90.8 Å². The van der Waals surface area contributed by atoms with Crippen LogP contribution >= 0.6 is 0 Å². The standard InChI is InChI=1S/C12H19NO2/c1-3-11(6-10-14-8-1)13-7-5-12-4-2-9-15-12/h2,4,9,11,13H,1,3,5-8,10H2. The molecule has 0 radical (unpaired) electrons. The molecule has 0 bridgehead atoms. The molecule has 1 aliphatic rings. The van der Waals surface area contributed by atoms with Crippen LogP contribution in [-0.2, 0) is 11.2 Å². The van der Waals surface area contributed by atoms with E-state index in [1.165, 1.54) is 12.8 Å². The summed E-state index contributed by atoms with van der Waals surface area (Å²) in [6, 6.07) is 4.59. The van der Waals surface area contributed by atoms with Crippen LogP contribution in [0, 0.1) is 0 Å². The molecule has 1 aromatic rings. The fourth-order valence-electron chi connectivity index (χ4n) is 1.96. The van der Waals surface area contributed by atoms with E-state index < -0.39 is 0 Å². The van der Waals surface area contributed by atoms with Crippen LogP contribution in [-0.4, -0.2) is 25.8 Å². The molecule has 0 spiro atoms. The van der Waals surface area contributed by atoms with Crippen molar-refractivity contribution in [3.05, 3.63) is 24.2 Å². The maximum Gasteiger partial charge on any atom is 0.105 e. The predicted molar refractivity (Wildman–Crippen MR) is 58.9 cm³/mol. The van der Waals surface area contributed by atoms with Crippen molar-refractivity contribution in [2.75, 3.05) is 19.8 Å². The zero-order chi connectivity index (χ0) is 10.3. The molecule has 1 aromatic heterocycles. The Kier molecular flexibility index (Phi) is 4.23. The van der Waals surface area contributed by atoms with Crippen LogP contribution in [0.15, 0.2) is 22.8 Å². The van der Waals surface area contributed by atoms with Gasteiger partial charge < -0.3 is 14.5 Å². The molecule has 3 nitrogen and oxygen atoms in total. The molecule has 1 N–H and O–H groups in total. The molecule has 1 saturated heterocycles. The van der Waals surface area contributed by atoms with Gasteiger partial charge >= 0.3 is 0 Å². The van der Waals surface area contributed by atoms with Crippen LogP contribution in [0.1, 0.15) is 25.0 Å². The summed E-state index contributed by atoms with van der Waals surface area (Å²) >= 11 is 0. The molecule has 1 atom stereocenters. The molecular weight excluding hydrogens is 190 g/mol. The average Bonchev–Trinajstić information content (AvgIpc) is 2.62. The molecule has 1 aliphatic heterocycles. The van der Waals surface area contributed by atoms with Gasteiger partial charge in [0.1, 0.15) is 5.76 Å². The third-order valence-electron chi connectivity index (χ3n) is 2.84. The van der Waals surface area contributed by atoms with Crippen molar-refractivity contribution in [1.82, 2.24) is 5.32 Å². The van der Waals surface area contributed by atoms with E-state index in [2.05, 4.69) is 5.32 Å². The van der Waals surface area contributed by atoms with Crippen LogP contribution in [0.25, 0.3) is 0 Å². The van der Waals surface area contributed by atoms with Gasteiger partial charge in [0.05, 0.1) is 6.26 Å². The molecule has 15 heavy (non-hydrogen) atoms. The predicted octanol–water partition coefficient (Wildman–Crippen LogP) is 1.98. The molecule has 1 unspecified atom stereocenters. The van der Waals surface area contributed by atoms with Crippen molar-refractivity contribution >= 4 is 0 Å². The average molecular weight is 209 g/mol. The topological polar surface area (TPSA) is 34.4 Å². The molecule has 2 heterocycles. The summed E-state index contributed by atoms with van der Waals surface area (Å²) in [5.41, 5.74) is 0. The minimum Gasteiger partial charge on any atom is -0.469 e. The molecule has 0 saturated carbocycles. The second-order valence-electron chi connectivity index (χ2n) is 4.02. The third-order valence-corrected chi connectivity index (χ3v) is 2.84. The van der Waals surface area contributed by atoms with Crippen molar-refractivity contribution in [2.24, 2.45) is 0 Å². The summed E-state index contributed by atoms with van der Waals surface area (Å²) in [5, 5.41) is 3.56. The van der Waals surface area contributed by atoms with Gasteiger partial charge in [0.25, 0.3) is 0 Å². The fraction of sp³-hybridized carbons (Fsp3) is 0.667. The highest BCUT2D eigenvalue weighted by Crippen LogP contribution is 2.08. The van der Waals surface area contributed by atoms with Gasteiger partial charge in [-0.3, -0.25) is 0 Å². The first-order chi connectivity index (χ1) is 7.45. The fourth-order valence-corrected chi connectivity index (χ4v) is 1.96. The Morgan fingerprint density at radius 2 is 2.33 bits per heavy atom. The summed E-state index contributed by atoms with van der Waals surface area (Å²) in [6.45, 7) is 2.83. The van der Waals surface area contributed by atoms with E-state index in [1.54, 1.807) is 6.26 Å². The first-order valence-electron chi connectivity index (χ1n) is 5.78. The van der Waals surface area contributed by atoms with Crippen LogP contribution in [0.2, 0.25) is 0 Å². The molecule has 0 amide bonds. The minimum absolute atomic E-state index is 0.627. The summed E-state index contributed by atoms with van der Waals surface area (Å²) < 4.78 is 10.7. The van der Waals surface area contributed by atoms with Gasteiger partial charge in [-0.1, -0.05) is 0 Å². The molecule has 2 rings (SSSR count). The SMILES string of the molecule is c1coc(CCNC2CCCOCC2)c1. The van der Waals surface area contributed by atoms with Gasteiger partial charge in [0.15, 0.2) is 0 Å². The second-order valence-corrected chi connectivity index (χ2v) is 4.02. The van der Waals surface area contributed by atoms with Crippen molar-refractivity contribution in [2.45, 2.75) is 31.7 Å². The first kappa shape index (κ1) is 10.7. The van der Waals surface area contributed by atoms with Crippen LogP contribution in [0.4, 0.5) is 0 Å². The Morgan fingerprint density at radius 1 is 1.33 bits per heavy atom. The number of rotatable bonds is 4. The Hall–Kier alpha value is -0.800. The maximum absolute atomic E-state index is 5.42. The van der Waals surface area contributed by atoms with E-state index in [0.29, 0.717) is 6.04 Å². The number of nitrogens with one attached hydrogen (secondary N) is 1. The van der Waals surface area contributed by atoms with Gasteiger partial charge in [-0.25, -0.2) is 0 Å². The third kappa shape index (κ3) is 3.68. The molecule has 0 aromatic carbocycles. The first-order valence-corrected chi connectivity index (χ1v) is 5.78. The lowest BCUT2D eigenvalue weighted by Crippen LogP contribution is -2.30. The van der Waals surface area contributed by atoms with Gasteiger partial charge in [-0.05, 0) is 31.4 Å². The Morgan fingerprint density at radius 3 is 3.20 bits per heavy atom. The quantitative estimate of drug-likeness (QED) is 0.823. The number of furan rings is 1. The van der Waals surface area contributed by atoms with Gasteiger partial charge in [0, 0.05) is 32.2 Å². The van der Waals surface area contributed by atoms with E-state index in [9.17, 15) is 0 Å². The molecule has 1 fully saturated rings. The van der Waals surface area contributed by atoms with Gasteiger partial charge in [0.2, 0.25) is 0 Å². The summed E-state index contributed by atoms with van der Waals surface area (Å²) in [5.74, 6) is 1.06. The Bertz CT molecular complexity index is 251. The summed E-state index contributed by atoms with van der Waals surface area (Å²) in [6.07, 6.45) is 6.26. The molecule has 0 aliphatic carbocycles. The smallest absolute Gasteiger partial charge is 0.105 e. The van der Waals surface area contributed by atoms with E-state index in [1.807, 2.05) is 12.1 Å². The zero-order valence-electron chi connectivity index (χ0n) is 9.08. The van der Waals surface area contributed by atoms with Crippen LogP contribution in [0.5, 0.6) is 0 Å². The zero-order valence-corrected chi connectivity index (χ0v) is 9.08. The molecule has 84 valence electrons. The van der Waals surface area contributed by atoms with Crippen molar-refractivity contribution in [3.63, 3.8) is 0 Å². The highest BCUT2D eigenvalue weighted by Gasteiger charge is 2.11. The molecule has 3 heteroatoms. The van der Waals surface area contributed by atoms with E-state index >= 15 is 0 Å². The largest absolute Gasteiger partial charge is 0.469 e. The number of ether oxygens (including phenoxy) is 1. The highest BCUT2D eigenvalue weighted by molar-refractivity contribution is 4.98. The van der Waals surface area contributed by atoms with Crippen molar-refractivity contribution in [3.8, 4) is 0 Å². The highest BCUT2D eigenvalue weighted by atomic mass is 16.5. The second kappa shape index (κ2) is 5.93. The van der Waals surface area contributed by atoms with Gasteiger partial charge in [-0.2, -0.15) is 0 Å². The van der Waals surface area contributed by atoms with E-state index in [0.717, 1.165) is 38.4 Å². The molecular formula is C12H19NO2. The minimum atomic E-state index is 0.627. The van der Waals surface area contributed by atoms with Crippen molar-refractivity contribution in [1.29, 1.82) is 0 Å². The van der Waals surface area contributed by atoms with Crippen LogP contribution in [0.3, 0.4) is 0 Å². The van der Waals surface area contributed by atoms with E-state index in [4.69, 9.17) is 9.15 Å². The summed E-state index contributed by atoms with van der Waals surface area (Å²) in [7, 11) is 0. The van der Waals surface area contributed by atoms with Crippen molar-refractivity contribution < 1.29 is 9.15 Å². The lowest BCUT2D eigenvalue weighted by atomic mass is 10.1. The number of hydrogen-bond acceptors (Lipinski definition) is 3. The van der Waals surface area contributed by atoms with E-state index in [-0.39, 0.29) is 0 Å². The number of hydrogen-bond donors (Lipinski definition) is 1. The van der Waals surface area contributed by atoms with Gasteiger partial charge in [-0.15, -0.1) is 0 Å². The lowest BCUT2D eigenvalue weighted by molar-refractivity contribution is 0.142. The Balaban J connectivity index is 1.64. The monoisotopic (exact) mass is 209 g/mol.